The van der Waals surface area contributed by atoms with Crippen molar-refractivity contribution in [3.8, 4) is 6.07 Å². The zero-order valence-electron chi connectivity index (χ0n) is 8.86. The number of thiocarbonyl (C=S) groups is 1. The molecule has 0 aliphatic carbocycles. The van der Waals surface area contributed by atoms with Gasteiger partial charge in [0.25, 0.3) is 0 Å². The molecule has 1 aromatic rings. The first-order valence-electron chi connectivity index (χ1n) is 4.70. The van der Waals surface area contributed by atoms with Gasteiger partial charge in [0, 0.05) is 6.42 Å². The number of nitrogens with zero attached hydrogens (tertiary/aromatic N) is 1. The lowest BCUT2D eigenvalue weighted by Gasteiger charge is -2.14. The third-order valence-electron chi connectivity index (χ3n) is 1.83. The molecule has 0 spiro atoms. The molecule has 0 N–H and O–H groups in total. The van der Waals surface area contributed by atoms with Crippen LogP contribution in [0.15, 0.2) is 30.3 Å². The Morgan fingerprint density at radius 2 is 2.00 bits per heavy atom. The van der Waals surface area contributed by atoms with Gasteiger partial charge in [-0.3, -0.25) is 0 Å². The minimum absolute atomic E-state index is 0.425. The molecule has 0 amide bonds. The van der Waals surface area contributed by atoms with Gasteiger partial charge in [0.05, 0.1) is 10.3 Å². The number of nitriles is 1. The maximum Gasteiger partial charge on any atom is 0.102 e. The second-order valence-corrected chi connectivity index (χ2v) is 6.23. The van der Waals surface area contributed by atoms with Crippen molar-refractivity contribution in [2.24, 2.45) is 0 Å². The van der Waals surface area contributed by atoms with Gasteiger partial charge in [0.15, 0.2) is 0 Å². The van der Waals surface area contributed by atoms with Crippen molar-refractivity contribution in [2.45, 2.75) is 25.0 Å². The smallest absolute Gasteiger partial charge is 0.102 e. The van der Waals surface area contributed by atoms with Crippen LogP contribution >= 0.6 is 24.0 Å². The van der Waals surface area contributed by atoms with Crippen LogP contribution in [0.3, 0.4) is 0 Å². The van der Waals surface area contributed by atoms with Gasteiger partial charge in [-0.2, -0.15) is 5.26 Å². The molecule has 0 fully saturated rings. The lowest BCUT2D eigenvalue weighted by Crippen LogP contribution is -2.14. The number of benzene rings is 1. The fraction of sp³-hybridized carbons (Fsp3) is 0.333. The zero-order valence-corrected chi connectivity index (χ0v) is 10.5. The Morgan fingerprint density at radius 1 is 1.40 bits per heavy atom. The van der Waals surface area contributed by atoms with Gasteiger partial charge >= 0.3 is 0 Å². The van der Waals surface area contributed by atoms with Crippen molar-refractivity contribution >= 4 is 28.2 Å². The summed E-state index contributed by atoms with van der Waals surface area (Å²) in [5.41, 5.74) is 1.20. The molecule has 0 heterocycles. The van der Waals surface area contributed by atoms with E-state index >= 15 is 0 Å². The number of rotatable bonds is 3. The van der Waals surface area contributed by atoms with Crippen LogP contribution < -0.4 is 0 Å². The van der Waals surface area contributed by atoms with E-state index in [0.29, 0.717) is 0 Å². The molecule has 0 bridgehead atoms. The Kier molecular flexibility index (Phi) is 4.31. The van der Waals surface area contributed by atoms with Crippen molar-refractivity contribution < 1.29 is 0 Å². The van der Waals surface area contributed by atoms with E-state index in [1.54, 1.807) is 0 Å². The first-order valence-corrected chi connectivity index (χ1v) is 5.93. The maximum atomic E-state index is 8.88. The Morgan fingerprint density at radius 3 is 2.53 bits per heavy atom. The van der Waals surface area contributed by atoms with E-state index in [1.807, 2.05) is 44.2 Å². The summed E-state index contributed by atoms with van der Waals surface area (Å²) in [6.07, 6.45) is 0.756. The van der Waals surface area contributed by atoms with Gasteiger partial charge in [-0.05, 0) is 19.4 Å². The van der Waals surface area contributed by atoms with Crippen LogP contribution in [0.5, 0.6) is 0 Å². The minimum Gasteiger partial charge on any atom is -0.197 e. The summed E-state index contributed by atoms with van der Waals surface area (Å²) in [4.78, 5) is 0. The number of hydrogen-bond donors (Lipinski definition) is 0. The first kappa shape index (κ1) is 12.2. The lowest BCUT2D eigenvalue weighted by molar-refractivity contribution is 0.920. The summed E-state index contributed by atoms with van der Waals surface area (Å²) in [6.45, 7) is 3.77. The summed E-state index contributed by atoms with van der Waals surface area (Å²) in [7, 11) is 0. The van der Waals surface area contributed by atoms with Crippen molar-refractivity contribution in [1.29, 1.82) is 5.26 Å². The van der Waals surface area contributed by atoms with Gasteiger partial charge in [-0.25, -0.2) is 0 Å². The quantitative estimate of drug-likeness (QED) is 0.748. The highest BCUT2D eigenvalue weighted by Crippen LogP contribution is 2.26. The standard InChI is InChI=1S/C12H13NS2/c1-12(2,9-13)15-11(14)8-10-6-4-3-5-7-10/h3-7H,8H2,1-2H3. The molecule has 0 atom stereocenters. The van der Waals surface area contributed by atoms with Gasteiger partial charge in [0.2, 0.25) is 0 Å². The van der Waals surface area contributed by atoms with Crippen LogP contribution in [0.4, 0.5) is 0 Å². The zero-order chi connectivity index (χ0) is 11.3. The second kappa shape index (κ2) is 5.29. The molecule has 78 valence electrons. The highest BCUT2D eigenvalue weighted by Gasteiger charge is 2.19. The highest BCUT2D eigenvalue weighted by molar-refractivity contribution is 8.24. The molecule has 3 heteroatoms. The second-order valence-electron chi connectivity index (χ2n) is 3.76. The van der Waals surface area contributed by atoms with Crippen LogP contribution in [0, 0.1) is 11.3 Å². The number of thioether (sulfide) groups is 1. The van der Waals surface area contributed by atoms with Crippen LogP contribution in [-0.2, 0) is 6.42 Å². The van der Waals surface area contributed by atoms with Crippen LogP contribution in [-0.4, -0.2) is 8.94 Å². The summed E-state index contributed by atoms with van der Waals surface area (Å²) in [5, 5.41) is 8.88. The monoisotopic (exact) mass is 235 g/mol. The molecule has 0 unspecified atom stereocenters. The Labute approximate surface area is 100 Å². The fourth-order valence-corrected chi connectivity index (χ4v) is 2.75. The lowest BCUT2D eigenvalue weighted by atomic mass is 10.2. The summed E-state index contributed by atoms with van der Waals surface area (Å²) in [5.74, 6) is 0. The summed E-state index contributed by atoms with van der Waals surface area (Å²) >= 11 is 6.73. The Hall–Kier alpha value is -0.850. The van der Waals surface area contributed by atoms with E-state index in [4.69, 9.17) is 17.5 Å². The summed E-state index contributed by atoms with van der Waals surface area (Å²) < 4.78 is 0.444. The highest BCUT2D eigenvalue weighted by atomic mass is 32.2. The third kappa shape index (κ3) is 4.46. The van der Waals surface area contributed by atoms with Gasteiger partial charge in [-0.1, -0.05) is 54.3 Å². The van der Waals surface area contributed by atoms with E-state index in [0.717, 1.165) is 10.6 Å². The fourth-order valence-electron chi connectivity index (χ4n) is 1.11. The van der Waals surface area contributed by atoms with Gasteiger partial charge < -0.3 is 0 Å². The van der Waals surface area contributed by atoms with Gasteiger partial charge in [0.1, 0.15) is 4.75 Å². The average Bonchev–Trinajstić information content (AvgIpc) is 2.18. The van der Waals surface area contributed by atoms with Gasteiger partial charge in [-0.15, -0.1) is 0 Å². The molecule has 1 nitrogen and oxygen atoms in total. The SMILES string of the molecule is CC(C)(C#N)SC(=S)Cc1ccccc1. The third-order valence-corrected chi connectivity index (χ3v) is 3.20. The van der Waals surface area contributed by atoms with Crippen molar-refractivity contribution in [3.05, 3.63) is 35.9 Å². The van der Waals surface area contributed by atoms with Crippen molar-refractivity contribution in [1.82, 2.24) is 0 Å². The van der Waals surface area contributed by atoms with E-state index in [1.165, 1.54) is 17.3 Å². The first-order chi connectivity index (χ1) is 7.03. The number of hydrogen-bond acceptors (Lipinski definition) is 3. The molecule has 0 radical (unpaired) electrons. The van der Waals surface area contributed by atoms with Crippen molar-refractivity contribution in [2.75, 3.05) is 0 Å². The molecule has 0 aliphatic rings. The topological polar surface area (TPSA) is 23.8 Å². The molecule has 1 rings (SSSR count). The van der Waals surface area contributed by atoms with Crippen molar-refractivity contribution in [3.63, 3.8) is 0 Å². The van der Waals surface area contributed by atoms with E-state index < -0.39 is 4.75 Å². The molecule has 0 saturated heterocycles. The molecule has 0 aromatic heterocycles. The molecular weight excluding hydrogens is 222 g/mol. The molecule has 0 aliphatic heterocycles. The van der Waals surface area contributed by atoms with Crippen LogP contribution in [0.1, 0.15) is 19.4 Å². The molecular formula is C12H13NS2. The van der Waals surface area contributed by atoms with Crippen LogP contribution in [0.2, 0.25) is 0 Å². The largest absolute Gasteiger partial charge is 0.197 e. The van der Waals surface area contributed by atoms with E-state index in [2.05, 4.69) is 6.07 Å². The molecule has 1 aromatic carbocycles. The molecule has 0 saturated carbocycles. The van der Waals surface area contributed by atoms with Crippen LogP contribution in [0.25, 0.3) is 0 Å². The molecule has 15 heavy (non-hydrogen) atoms. The minimum atomic E-state index is -0.425. The van der Waals surface area contributed by atoms with E-state index in [9.17, 15) is 0 Å². The summed E-state index contributed by atoms with van der Waals surface area (Å²) in [6, 6.07) is 12.3. The predicted octanol–water partition coefficient (Wildman–Crippen LogP) is 3.59. The van der Waals surface area contributed by atoms with E-state index in [-0.39, 0.29) is 0 Å². The Bertz CT molecular complexity index is 376. The normalized spacial score (nSPS) is 10.7. The Balaban J connectivity index is 2.55. The predicted molar refractivity (Wildman–Crippen MR) is 70.0 cm³/mol. The maximum absolute atomic E-state index is 8.88. The average molecular weight is 235 g/mol.